The van der Waals surface area contributed by atoms with Crippen molar-refractivity contribution in [3.05, 3.63) is 59.7 Å². The monoisotopic (exact) mass is 464 g/mol. The Morgan fingerprint density at radius 1 is 1.03 bits per heavy atom. The van der Waals surface area contributed by atoms with E-state index in [2.05, 4.69) is 34.9 Å². The van der Waals surface area contributed by atoms with Crippen molar-refractivity contribution in [1.82, 2.24) is 10.6 Å². The molecule has 1 unspecified atom stereocenters. The van der Waals surface area contributed by atoms with Crippen molar-refractivity contribution < 1.29 is 24.2 Å². The molecule has 1 saturated carbocycles. The lowest BCUT2D eigenvalue weighted by Gasteiger charge is -2.22. The minimum atomic E-state index is -0.864. The summed E-state index contributed by atoms with van der Waals surface area (Å²) in [5, 5.41) is 14.8. The molecule has 180 valence electrons. The summed E-state index contributed by atoms with van der Waals surface area (Å²) >= 11 is 0. The number of rotatable bonds is 9. The number of carboxylic acids is 1. The van der Waals surface area contributed by atoms with Crippen LogP contribution in [0.25, 0.3) is 11.1 Å². The van der Waals surface area contributed by atoms with E-state index in [1.165, 1.54) is 11.1 Å². The van der Waals surface area contributed by atoms with Gasteiger partial charge < -0.3 is 20.5 Å². The van der Waals surface area contributed by atoms with E-state index in [0.29, 0.717) is 25.8 Å². The Morgan fingerprint density at radius 2 is 1.68 bits per heavy atom. The molecule has 2 aliphatic carbocycles. The Hall–Kier alpha value is -3.35. The maximum absolute atomic E-state index is 12.7. The summed E-state index contributed by atoms with van der Waals surface area (Å²) in [6.07, 6.45) is 2.45. The van der Waals surface area contributed by atoms with Gasteiger partial charge in [-0.25, -0.2) is 4.79 Å². The Kier molecular flexibility index (Phi) is 7.50. The summed E-state index contributed by atoms with van der Waals surface area (Å²) in [6, 6.07) is 16.1. The van der Waals surface area contributed by atoms with Crippen LogP contribution >= 0.6 is 0 Å². The summed E-state index contributed by atoms with van der Waals surface area (Å²) in [5.74, 6) is -1.44. The molecule has 0 bridgehead atoms. The molecule has 1 fully saturated rings. The standard InChI is InChI=1S/C27H32N2O5/c1-2-17(14-25(30)31)15-28-26(32)22-12-7-13-24(22)29-27(33)34-16-23-20-10-5-3-8-18(20)19-9-4-6-11-21(19)23/h3-6,8-11,17,22-24H,2,7,12-16H2,1H3,(H,28,32)(H,29,33)(H,30,31)/t17?,22-,24+/m1/s1. The van der Waals surface area contributed by atoms with Gasteiger partial charge in [0, 0.05) is 24.9 Å². The van der Waals surface area contributed by atoms with Crippen LogP contribution in [0.1, 0.15) is 56.1 Å². The molecule has 7 nitrogen and oxygen atoms in total. The van der Waals surface area contributed by atoms with Gasteiger partial charge in [0.1, 0.15) is 6.61 Å². The number of hydrogen-bond donors (Lipinski definition) is 3. The Morgan fingerprint density at radius 3 is 2.29 bits per heavy atom. The van der Waals surface area contributed by atoms with Gasteiger partial charge in [0.25, 0.3) is 0 Å². The van der Waals surface area contributed by atoms with Crippen molar-refractivity contribution in [1.29, 1.82) is 0 Å². The van der Waals surface area contributed by atoms with E-state index in [1.807, 2.05) is 31.2 Å². The van der Waals surface area contributed by atoms with Crippen LogP contribution in [0, 0.1) is 11.8 Å². The molecule has 2 aromatic carbocycles. The number of carbonyl (C=O) groups is 3. The summed E-state index contributed by atoms with van der Waals surface area (Å²) in [4.78, 5) is 36.3. The number of fused-ring (bicyclic) bond motifs is 3. The third kappa shape index (κ3) is 5.24. The smallest absolute Gasteiger partial charge is 0.407 e. The normalized spacial score (nSPS) is 19.7. The first kappa shape index (κ1) is 23.8. The lowest BCUT2D eigenvalue weighted by Crippen LogP contribution is -2.45. The molecule has 0 radical (unpaired) electrons. The van der Waals surface area contributed by atoms with Gasteiger partial charge in [0.05, 0.1) is 5.92 Å². The lowest BCUT2D eigenvalue weighted by molar-refractivity contribution is -0.138. The number of alkyl carbamates (subject to hydrolysis) is 1. The largest absolute Gasteiger partial charge is 0.481 e. The Balaban J connectivity index is 1.32. The topological polar surface area (TPSA) is 105 Å². The summed E-state index contributed by atoms with van der Waals surface area (Å²) in [7, 11) is 0. The average Bonchev–Trinajstić information content (AvgIpc) is 3.42. The SMILES string of the molecule is CCC(CNC(=O)[C@@H]1CCC[C@@H]1NC(=O)OCC1c2ccccc2-c2ccccc21)CC(=O)O. The second-order valence-electron chi connectivity index (χ2n) is 9.23. The highest BCUT2D eigenvalue weighted by molar-refractivity contribution is 5.81. The molecule has 4 rings (SSSR count). The zero-order chi connectivity index (χ0) is 24.1. The number of hydrogen-bond acceptors (Lipinski definition) is 4. The number of benzene rings is 2. The third-order valence-electron chi connectivity index (χ3n) is 7.11. The van der Waals surface area contributed by atoms with E-state index in [-0.39, 0.29) is 42.7 Å². The average molecular weight is 465 g/mol. The molecule has 0 spiro atoms. The lowest BCUT2D eigenvalue weighted by atomic mass is 9.98. The molecule has 2 aromatic rings. The van der Waals surface area contributed by atoms with Crippen molar-refractivity contribution in [3.63, 3.8) is 0 Å². The highest BCUT2D eigenvalue weighted by Crippen LogP contribution is 2.44. The molecule has 3 atom stereocenters. The van der Waals surface area contributed by atoms with Gasteiger partial charge in [-0.15, -0.1) is 0 Å². The van der Waals surface area contributed by atoms with Crippen molar-refractivity contribution in [2.75, 3.05) is 13.2 Å². The van der Waals surface area contributed by atoms with E-state index >= 15 is 0 Å². The van der Waals surface area contributed by atoms with E-state index in [9.17, 15) is 14.4 Å². The van der Waals surface area contributed by atoms with Crippen molar-refractivity contribution in [2.24, 2.45) is 11.8 Å². The fourth-order valence-electron chi connectivity index (χ4n) is 5.22. The van der Waals surface area contributed by atoms with Gasteiger partial charge in [0.15, 0.2) is 0 Å². The first-order valence-corrected chi connectivity index (χ1v) is 12.1. The van der Waals surface area contributed by atoms with Crippen molar-refractivity contribution in [3.8, 4) is 11.1 Å². The van der Waals surface area contributed by atoms with E-state index in [0.717, 1.165) is 17.5 Å². The van der Waals surface area contributed by atoms with Crippen molar-refractivity contribution >= 4 is 18.0 Å². The van der Waals surface area contributed by atoms with Gasteiger partial charge in [-0.2, -0.15) is 0 Å². The Labute approximate surface area is 199 Å². The zero-order valence-corrected chi connectivity index (χ0v) is 19.5. The van der Waals surface area contributed by atoms with Gasteiger partial charge >= 0.3 is 12.1 Å². The quantitative estimate of drug-likeness (QED) is 0.513. The van der Waals surface area contributed by atoms with Crippen LogP contribution in [0.4, 0.5) is 4.79 Å². The highest BCUT2D eigenvalue weighted by Gasteiger charge is 2.35. The fourth-order valence-corrected chi connectivity index (χ4v) is 5.22. The first-order chi connectivity index (χ1) is 16.5. The predicted molar refractivity (Wildman–Crippen MR) is 128 cm³/mol. The minimum absolute atomic E-state index is 0.0129. The molecule has 0 aliphatic heterocycles. The molecular formula is C27H32N2O5. The van der Waals surface area contributed by atoms with Gasteiger partial charge in [-0.05, 0) is 41.0 Å². The van der Waals surface area contributed by atoms with Gasteiger partial charge in [-0.3, -0.25) is 9.59 Å². The van der Waals surface area contributed by atoms with Crippen LogP contribution in [0.2, 0.25) is 0 Å². The third-order valence-corrected chi connectivity index (χ3v) is 7.11. The van der Waals surface area contributed by atoms with Gasteiger partial charge in [0.2, 0.25) is 5.91 Å². The maximum Gasteiger partial charge on any atom is 0.407 e. The van der Waals surface area contributed by atoms with Crippen LogP contribution in [-0.4, -0.2) is 42.3 Å². The zero-order valence-electron chi connectivity index (χ0n) is 19.5. The molecule has 3 N–H and O–H groups in total. The van der Waals surface area contributed by atoms with E-state index in [4.69, 9.17) is 9.84 Å². The second kappa shape index (κ2) is 10.7. The Bertz CT molecular complexity index is 1010. The van der Waals surface area contributed by atoms with Crippen LogP contribution in [-0.2, 0) is 14.3 Å². The fraction of sp³-hybridized carbons (Fsp3) is 0.444. The number of amides is 2. The van der Waals surface area contributed by atoms with E-state index in [1.54, 1.807) is 0 Å². The number of carboxylic acid groups (broad SMARTS) is 1. The molecule has 2 amide bonds. The minimum Gasteiger partial charge on any atom is -0.481 e. The predicted octanol–water partition coefficient (Wildman–Crippen LogP) is 4.31. The number of nitrogens with one attached hydrogen (secondary N) is 2. The van der Waals surface area contributed by atoms with E-state index < -0.39 is 12.1 Å². The van der Waals surface area contributed by atoms with Crippen LogP contribution in [0.5, 0.6) is 0 Å². The number of ether oxygens (including phenoxy) is 1. The molecule has 7 heteroatoms. The highest BCUT2D eigenvalue weighted by atomic mass is 16.5. The van der Waals surface area contributed by atoms with Crippen LogP contribution in [0.15, 0.2) is 48.5 Å². The number of carbonyl (C=O) groups excluding carboxylic acids is 2. The number of aliphatic carboxylic acids is 1. The molecule has 0 saturated heterocycles. The van der Waals surface area contributed by atoms with Gasteiger partial charge in [-0.1, -0.05) is 68.3 Å². The molecular weight excluding hydrogens is 432 g/mol. The van der Waals surface area contributed by atoms with Crippen molar-refractivity contribution in [2.45, 2.75) is 51.0 Å². The maximum atomic E-state index is 12.7. The molecule has 2 aliphatic rings. The molecule has 0 aromatic heterocycles. The van der Waals surface area contributed by atoms with Crippen LogP contribution < -0.4 is 10.6 Å². The molecule has 34 heavy (non-hydrogen) atoms. The summed E-state index contributed by atoms with van der Waals surface area (Å²) in [5.41, 5.74) is 4.66. The summed E-state index contributed by atoms with van der Waals surface area (Å²) in [6.45, 7) is 2.48. The second-order valence-corrected chi connectivity index (χ2v) is 9.23. The van der Waals surface area contributed by atoms with Crippen LogP contribution in [0.3, 0.4) is 0 Å². The first-order valence-electron chi connectivity index (χ1n) is 12.1. The molecule has 0 heterocycles. The summed E-state index contributed by atoms with van der Waals surface area (Å²) < 4.78 is 5.64.